The van der Waals surface area contributed by atoms with Crippen LogP contribution in [0.3, 0.4) is 0 Å². The average molecular weight is 266 g/mol. The normalized spacial score (nSPS) is 17.9. The fourth-order valence-electron chi connectivity index (χ4n) is 2.20. The van der Waals surface area contributed by atoms with Crippen LogP contribution in [0.1, 0.15) is 38.4 Å². The Morgan fingerprint density at radius 1 is 1.47 bits per heavy atom. The van der Waals surface area contributed by atoms with Gasteiger partial charge >= 0.3 is 0 Å². The molecule has 6 heteroatoms. The summed E-state index contributed by atoms with van der Waals surface area (Å²) < 4.78 is 5.12. The molecule has 1 saturated heterocycles. The first-order valence-electron chi connectivity index (χ1n) is 6.86. The first kappa shape index (κ1) is 14.0. The number of aromatic nitrogens is 2. The number of nitrogens with zero attached hydrogens (tertiary/aromatic N) is 3. The highest BCUT2D eigenvalue weighted by molar-refractivity contribution is 5.78. The van der Waals surface area contributed by atoms with Crippen molar-refractivity contribution in [2.24, 2.45) is 5.92 Å². The van der Waals surface area contributed by atoms with Crippen molar-refractivity contribution in [2.75, 3.05) is 13.1 Å². The number of likely N-dealkylation sites (tertiary alicyclic amines) is 1. The molecule has 0 saturated carbocycles. The van der Waals surface area contributed by atoms with Gasteiger partial charge < -0.3 is 9.84 Å². The number of rotatable bonds is 4. The van der Waals surface area contributed by atoms with E-state index in [2.05, 4.69) is 20.4 Å². The van der Waals surface area contributed by atoms with Gasteiger partial charge in [0.15, 0.2) is 5.82 Å². The maximum absolute atomic E-state index is 11.6. The van der Waals surface area contributed by atoms with E-state index >= 15 is 0 Å². The second kappa shape index (κ2) is 6.14. The third-order valence-electron chi connectivity index (χ3n) is 3.39. The van der Waals surface area contributed by atoms with Gasteiger partial charge in [0.2, 0.25) is 11.8 Å². The van der Waals surface area contributed by atoms with Gasteiger partial charge in [-0.25, -0.2) is 0 Å². The molecule has 2 heterocycles. The molecule has 1 aliphatic rings. The van der Waals surface area contributed by atoms with E-state index in [0.717, 1.165) is 25.9 Å². The first-order chi connectivity index (χ1) is 9.04. The molecule has 0 aromatic carbocycles. The van der Waals surface area contributed by atoms with Crippen LogP contribution in [0.5, 0.6) is 0 Å². The number of hydrogen-bond donors (Lipinski definition) is 1. The number of carbonyl (C=O) groups excluding carboxylic acids is 1. The Morgan fingerprint density at radius 2 is 2.16 bits per heavy atom. The Morgan fingerprint density at radius 3 is 2.68 bits per heavy atom. The summed E-state index contributed by atoms with van der Waals surface area (Å²) in [5.41, 5.74) is 0. The van der Waals surface area contributed by atoms with Gasteiger partial charge in [-0.1, -0.05) is 19.0 Å². The molecule has 0 unspecified atom stereocenters. The van der Waals surface area contributed by atoms with Gasteiger partial charge in [0.1, 0.15) is 0 Å². The topological polar surface area (TPSA) is 71.3 Å². The summed E-state index contributed by atoms with van der Waals surface area (Å²) >= 11 is 0. The predicted molar refractivity (Wildman–Crippen MR) is 70.3 cm³/mol. The summed E-state index contributed by atoms with van der Waals surface area (Å²) in [6.45, 7) is 8.26. The highest BCUT2D eigenvalue weighted by atomic mass is 16.5. The molecular formula is C13H22N4O2. The number of nitrogens with one attached hydrogen (secondary N) is 1. The Kier molecular flexibility index (Phi) is 4.52. The molecule has 1 aromatic rings. The average Bonchev–Trinajstić information content (AvgIpc) is 2.77. The SMILES string of the molecule is Cc1noc(CN2CCC(NC(=O)C(C)C)CC2)n1. The number of amides is 1. The third kappa shape index (κ3) is 4.02. The van der Waals surface area contributed by atoms with Crippen molar-refractivity contribution in [3.05, 3.63) is 11.7 Å². The highest BCUT2D eigenvalue weighted by Gasteiger charge is 2.22. The molecule has 1 amide bonds. The molecule has 1 N–H and O–H groups in total. The lowest BCUT2D eigenvalue weighted by Gasteiger charge is -2.31. The minimum Gasteiger partial charge on any atom is -0.353 e. The lowest BCUT2D eigenvalue weighted by molar-refractivity contribution is -0.125. The van der Waals surface area contributed by atoms with Crippen LogP contribution in [-0.4, -0.2) is 40.1 Å². The van der Waals surface area contributed by atoms with Crippen LogP contribution >= 0.6 is 0 Å². The number of aryl methyl sites for hydroxylation is 1. The molecule has 0 spiro atoms. The summed E-state index contributed by atoms with van der Waals surface area (Å²) in [4.78, 5) is 18.1. The molecule has 1 fully saturated rings. The van der Waals surface area contributed by atoms with Gasteiger partial charge in [-0.05, 0) is 19.8 Å². The van der Waals surface area contributed by atoms with E-state index in [1.54, 1.807) is 0 Å². The molecule has 0 radical (unpaired) electrons. The molecule has 0 bridgehead atoms. The molecule has 0 aliphatic carbocycles. The van der Waals surface area contributed by atoms with E-state index < -0.39 is 0 Å². The van der Waals surface area contributed by atoms with Crippen LogP contribution in [0.2, 0.25) is 0 Å². The molecule has 19 heavy (non-hydrogen) atoms. The van der Waals surface area contributed by atoms with Crippen molar-refractivity contribution in [1.82, 2.24) is 20.4 Å². The summed E-state index contributed by atoms with van der Waals surface area (Å²) in [5.74, 6) is 1.54. The van der Waals surface area contributed by atoms with E-state index in [0.29, 0.717) is 24.3 Å². The van der Waals surface area contributed by atoms with E-state index in [9.17, 15) is 4.79 Å². The van der Waals surface area contributed by atoms with Crippen LogP contribution in [0.15, 0.2) is 4.52 Å². The quantitative estimate of drug-likeness (QED) is 0.884. The maximum atomic E-state index is 11.6. The molecule has 6 nitrogen and oxygen atoms in total. The van der Waals surface area contributed by atoms with Crippen molar-refractivity contribution >= 4 is 5.91 Å². The minimum atomic E-state index is 0.0550. The number of hydrogen-bond acceptors (Lipinski definition) is 5. The van der Waals surface area contributed by atoms with Gasteiger partial charge in [-0.2, -0.15) is 4.98 Å². The number of carbonyl (C=O) groups is 1. The summed E-state index contributed by atoms with van der Waals surface area (Å²) in [5, 5.41) is 6.88. The van der Waals surface area contributed by atoms with Crippen molar-refractivity contribution in [3.8, 4) is 0 Å². The van der Waals surface area contributed by atoms with Crippen molar-refractivity contribution < 1.29 is 9.32 Å². The second-order valence-electron chi connectivity index (χ2n) is 5.45. The fourth-order valence-corrected chi connectivity index (χ4v) is 2.20. The van der Waals surface area contributed by atoms with Gasteiger partial charge in [0.05, 0.1) is 6.54 Å². The van der Waals surface area contributed by atoms with E-state index in [4.69, 9.17) is 4.52 Å². The molecule has 1 aromatic heterocycles. The van der Waals surface area contributed by atoms with Crippen molar-refractivity contribution in [2.45, 2.75) is 46.2 Å². The Labute approximate surface area is 113 Å². The minimum absolute atomic E-state index is 0.0550. The number of piperidine rings is 1. The second-order valence-corrected chi connectivity index (χ2v) is 5.45. The first-order valence-corrected chi connectivity index (χ1v) is 6.86. The van der Waals surface area contributed by atoms with Crippen molar-refractivity contribution in [3.63, 3.8) is 0 Å². The smallest absolute Gasteiger partial charge is 0.240 e. The van der Waals surface area contributed by atoms with Crippen LogP contribution in [0.4, 0.5) is 0 Å². The predicted octanol–water partition coefficient (Wildman–Crippen LogP) is 1.11. The molecule has 1 aliphatic heterocycles. The van der Waals surface area contributed by atoms with Gasteiger partial charge in [-0.3, -0.25) is 9.69 Å². The highest BCUT2D eigenvalue weighted by Crippen LogP contribution is 2.13. The largest absolute Gasteiger partial charge is 0.353 e. The monoisotopic (exact) mass is 266 g/mol. The standard InChI is InChI=1S/C13H22N4O2/c1-9(2)13(18)15-11-4-6-17(7-5-11)8-12-14-10(3)16-19-12/h9,11H,4-8H2,1-3H3,(H,15,18). The summed E-state index contributed by atoms with van der Waals surface area (Å²) in [7, 11) is 0. The van der Waals surface area contributed by atoms with E-state index in [1.807, 2.05) is 20.8 Å². The molecule has 0 atom stereocenters. The van der Waals surface area contributed by atoms with E-state index in [-0.39, 0.29) is 11.8 Å². The zero-order valence-electron chi connectivity index (χ0n) is 11.8. The van der Waals surface area contributed by atoms with Gasteiger partial charge in [0.25, 0.3) is 0 Å². The fraction of sp³-hybridized carbons (Fsp3) is 0.769. The lowest BCUT2D eigenvalue weighted by atomic mass is 10.0. The third-order valence-corrected chi connectivity index (χ3v) is 3.39. The summed E-state index contributed by atoms with van der Waals surface area (Å²) in [6.07, 6.45) is 1.96. The lowest BCUT2D eigenvalue weighted by Crippen LogP contribution is -2.45. The van der Waals surface area contributed by atoms with E-state index in [1.165, 1.54) is 0 Å². The van der Waals surface area contributed by atoms with Gasteiger partial charge in [0, 0.05) is 25.0 Å². The Hall–Kier alpha value is -1.43. The molecule has 106 valence electrons. The van der Waals surface area contributed by atoms with Crippen molar-refractivity contribution in [1.29, 1.82) is 0 Å². The maximum Gasteiger partial charge on any atom is 0.240 e. The Balaban J connectivity index is 1.75. The Bertz CT molecular complexity index is 422. The zero-order valence-corrected chi connectivity index (χ0v) is 11.8. The van der Waals surface area contributed by atoms with Crippen LogP contribution in [-0.2, 0) is 11.3 Å². The summed E-state index contributed by atoms with van der Waals surface area (Å²) in [6, 6.07) is 0.301. The zero-order chi connectivity index (χ0) is 13.8. The molecular weight excluding hydrogens is 244 g/mol. The van der Waals surface area contributed by atoms with Gasteiger partial charge in [-0.15, -0.1) is 0 Å². The van der Waals surface area contributed by atoms with Crippen LogP contribution in [0, 0.1) is 12.8 Å². The van der Waals surface area contributed by atoms with Crippen LogP contribution < -0.4 is 5.32 Å². The molecule has 2 rings (SSSR count). The van der Waals surface area contributed by atoms with Crippen LogP contribution in [0.25, 0.3) is 0 Å².